The number of nitrogens with one attached hydrogen (secondary N) is 1. The predicted molar refractivity (Wildman–Crippen MR) is 78.6 cm³/mol. The molecule has 0 spiro atoms. The number of ether oxygens (including phenoxy) is 1. The summed E-state index contributed by atoms with van der Waals surface area (Å²) in [7, 11) is 0. The van der Waals surface area contributed by atoms with Crippen LogP contribution in [0, 0.1) is 0 Å². The molecule has 0 heterocycles. The van der Waals surface area contributed by atoms with Crippen molar-refractivity contribution in [3.63, 3.8) is 0 Å². The zero-order valence-corrected chi connectivity index (χ0v) is 12.6. The van der Waals surface area contributed by atoms with E-state index in [9.17, 15) is 9.59 Å². The highest BCUT2D eigenvalue weighted by atomic mass is 16.6. The Morgan fingerprint density at radius 3 is 2.62 bits per heavy atom. The maximum atomic E-state index is 11.8. The largest absolute Gasteiger partial charge is 0.478 e. The number of carbonyl (C=O) groups excluding carboxylic acids is 1. The van der Waals surface area contributed by atoms with Gasteiger partial charge in [-0.05, 0) is 63.3 Å². The third-order valence-electron chi connectivity index (χ3n) is 3.40. The molecule has 5 heteroatoms. The fourth-order valence-corrected chi connectivity index (χ4v) is 2.49. The number of carboxylic acid groups (broad SMARTS) is 1. The van der Waals surface area contributed by atoms with Crippen molar-refractivity contribution in [2.75, 3.05) is 0 Å². The minimum Gasteiger partial charge on any atom is -0.478 e. The molecule has 0 aromatic heterocycles. The maximum absolute atomic E-state index is 11.8. The van der Waals surface area contributed by atoms with Gasteiger partial charge in [-0.3, -0.25) is 0 Å². The Kier molecular flexibility index (Phi) is 4.21. The van der Waals surface area contributed by atoms with E-state index in [0.29, 0.717) is 12.0 Å². The Hall–Kier alpha value is -2.04. The molecule has 1 aromatic rings. The molecule has 1 aromatic carbocycles. The number of amides is 1. The van der Waals surface area contributed by atoms with Crippen molar-refractivity contribution in [1.82, 2.24) is 5.32 Å². The van der Waals surface area contributed by atoms with E-state index in [1.165, 1.54) is 0 Å². The monoisotopic (exact) mass is 291 g/mol. The number of benzene rings is 1. The van der Waals surface area contributed by atoms with Gasteiger partial charge < -0.3 is 15.2 Å². The second-order valence-electron chi connectivity index (χ2n) is 6.37. The van der Waals surface area contributed by atoms with Gasteiger partial charge in [0.25, 0.3) is 0 Å². The van der Waals surface area contributed by atoms with Gasteiger partial charge in [0.05, 0.1) is 5.56 Å². The molecular formula is C16H21NO4. The van der Waals surface area contributed by atoms with Crippen LogP contribution in [0.1, 0.15) is 48.7 Å². The number of aryl methyl sites for hydroxylation is 1. The van der Waals surface area contributed by atoms with Gasteiger partial charge in [0.2, 0.25) is 0 Å². The van der Waals surface area contributed by atoms with E-state index in [-0.39, 0.29) is 6.04 Å². The Bertz CT molecular complexity index is 560. The molecule has 1 amide bonds. The van der Waals surface area contributed by atoms with Crippen LogP contribution in [0.25, 0.3) is 0 Å². The predicted octanol–water partition coefficient (Wildman–Crippen LogP) is 2.77. The SMILES string of the molecule is CC(C)(C)OC(=O)NC1CCc2cc(C(=O)O)ccc2C1. The Morgan fingerprint density at radius 2 is 2.00 bits per heavy atom. The smallest absolute Gasteiger partial charge is 0.407 e. The number of rotatable bonds is 2. The van der Waals surface area contributed by atoms with E-state index in [0.717, 1.165) is 24.0 Å². The zero-order valence-electron chi connectivity index (χ0n) is 12.6. The highest BCUT2D eigenvalue weighted by Crippen LogP contribution is 2.23. The average molecular weight is 291 g/mol. The molecular weight excluding hydrogens is 270 g/mol. The standard InChI is InChI=1S/C16H21NO4/c1-16(2,3)21-15(20)17-13-7-6-10-8-12(14(18)19)5-4-11(10)9-13/h4-5,8,13H,6-7,9H2,1-3H3,(H,17,20)(H,18,19). The van der Waals surface area contributed by atoms with Crippen LogP contribution in [-0.2, 0) is 17.6 Å². The molecule has 0 aliphatic heterocycles. The number of fused-ring (bicyclic) bond motifs is 1. The summed E-state index contributed by atoms with van der Waals surface area (Å²) in [4.78, 5) is 22.7. The summed E-state index contributed by atoms with van der Waals surface area (Å²) in [6.07, 6.45) is 1.85. The molecule has 1 unspecified atom stereocenters. The van der Waals surface area contributed by atoms with Gasteiger partial charge >= 0.3 is 12.1 Å². The lowest BCUT2D eigenvalue weighted by Gasteiger charge is -2.27. The van der Waals surface area contributed by atoms with Crippen LogP contribution in [0.3, 0.4) is 0 Å². The quantitative estimate of drug-likeness (QED) is 0.878. The van der Waals surface area contributed by atoms with Crippen LogP contribution in [-0.4, -0.2) is 28.8 Å². The van der Waals surface area contributed by atoms with Crippen molar-refractivity contribution in [3.05, 3.63) is 34.9 Å². The van der Waals surface area contributed by atoms with Crippen molar-refractivity contribution in [1.29, 1.82) is 0 Å². The van der Waals surface area contributed by atoms with Crippen molar-refractivity contribution < 1.29 is 19.4 Å². The highest BCUT2D eigenvalue weighted by Gasteiger charge is 2.23. The van der Waals surface area contributed by atoms with E-state index in [1.807, 2.05) is 26.8 Å². The van der Waals surface area contributed by atoms with Crippen LogP contribution in [0.4, 0.5) is 4.79 Å². The summed E-state index contributed by atoms with van der Waals surface area (Å²) in [5.74, 6) is -0.910. The van der Waals surface area contributed by atoms with Gasteiger partial charge in [-0.15, -0.1) is 0 Å². The summed E-state index contributed by atoms with van der Waals surface area (Å²) in [6.45, 7) is 5.49. The molecule has 1 atom stereocenters. The van der Waals surface area contributed by atoms with Crippen LogP contribution >= 0.6 is 0 Å². The second-order valence-corrected chi connectivity index (χ2v) is 6.37. The van der Waals surface area contributed by atoms with Gasteiger partial charge in [-0.1, -0.05) is 6.07 Å². The summed E-state index contributed by atoms with van der Waals surface area (Å²) in [6, 6.07) is 5.20. The van der Waals surface area contributed by atoms with Gasteiger partial charge in [-0.25, -0.2) is 9.59 Å². The first kappa shape index (κ1) is 15.4. The molecule has 114 valence electrons. The minimum atomic E-state index is -0.910. The normalized spacial score (nSPS) is 17.8. The molecule has 0 radical (unpaired) electrons. The second kappa shape index (κ2) is 5.76. The molecule has 2 rings (SSSR count). The van der Waals surface area contributed by atoms with Gasteiger partial charge in [0, 0.05) is 6.04 Å². The first-order chi connectivity index (χ1) is 9.74. The summed E-state index contributed by atoms with van der Waals surface area (Å²) < 4.78 is 5.25. The number of hydrogen-bond donors (Lipinski definition) is 2. The first-order valence-electron chi connectivity index (χ1n) is 7.09. The van der Waals surface area contributed by atoms with Gasteiger partial charge in [-0.2, -0.15) is 0 Å². The molecule has 5 nitrogen and oxygen atoms in total. The van der Waals surface area contributed by atoms with Gasteiger partial charge in [0.15, 0.2) is 0 Å². The van der Waals surface area contributed by atoms with Crippen molar-refractivity contribution in [3.8, 4) is 0 Å². The molecule has 0 fully saturated rings. The van der Waals surface area contributed by atoms with E-state index in [4.69, 9.17) is 9.84 Å². The highest BCUT2D eigenvalue weighted by molar-refractivity contribution is 5.88. The van der Waals surface area contributed by atoms with Crippen LogP contribution in [0.15, 0.2) is 18.2 Å². The minimum absolute atomic E-state index is 0.0306. The maximum Gasteiger partial charge on any atom is 0.407 e. The zero-order chi connectivity index (χ0) is 15.6. The lowest BCUT2D eigenvalue weighted by atomic mass is 9.87. The summed E-state index contributed by atoms with van der Waals surface area (Å²) >= 11 is 0. The van der Waals surface area contributed by atoms with E-state index in [1.54, 1.807) is 12.1 Å². The first-order valence-corrected chi connectivity index (χ1v) is 7.09. The molecule has 21 heavy (non-hydrogen) atoms. The third kappa shape index (κ3) is 4.21. The molecule has 1 aliphatic rings. The number of carboxylic acids is 1. The Morgan fingerprint density at radius 1 is 1.29 bits per heavy atom. The van der Waals surface area contributed by atoms with Crippen molar-refractivity contribution in [2.24, 2.45) is 0 Å². The average Bonchev–Trinajstić information content (AvgIpc) is 2.35. The van der Waals surface area contributed by atoms with Crippen molar-refractivity contribution >= 4 is 12.1 Å². The number of carbonyl (C=O) groups is 2. The number of alkyl carbamates (subject to hydrolysis) is 1. The summed E-state index contributed by atoms with van der Waals surface area (Å²) in [5, 5.41) is 11.9. The lowest BCUT2D eigenvalue weighted by molar-refractivity contribution is 0.0500. The van der Waals surface area contributed by atoms with Crippen LogP contribution < -0.4 is 5.32 Å². The molecule has 1 aliphatic carbocycles. The third-order valence-corrected chi connectivity index (χ3v) is 3.40. The molecule has 0 saturated heterocycles. The number of hydrogen-bond acceptors (Lipinski definition) is 3. The van der Waals surface area contributed by atoms with E-state index < -0.39 is 17.7 Å². The number of aromatic carboxylic acids is 1. The fraction of sp³-hybridized carbons (Fsp3) is 0.500. The topological polar surface area (TPSA) is 75.6 Å². The van der Waals surface area contributed by atoms with Gasteiger partial charge in [0.1, 0.15) is 5.60 Å². The Balaban J connectivity index is 2.00. The van der Waals surface area contributed by atoms with Crippen LogP contribution in [0.2, 0.25) is 0 Å². The molecule has 0 bridgehead atoms. The summed E-state index contributed by atoms with van der Waals surface area (Å²) in [5.41, 5.74) is 1.95. The fourth-order valence-electron chi connectivity index (χ4n) is 2.49. The Labute approximate surface area is 124 Å². The van der Waals surface area contributed by atoms with Crippen molar-refractivity contribution in [2.45, 2.75) is 51.7 Å². The van der Waals surface area contributed by atoms with Crippen LogP contribution in [0.5, 0.6) is 0 Å². The van der Waals surface area contributed by atoms with E-state index >= 15 is 0 Å². The lowest BCUT2D eigenvalue weighted by Crippen LogP contribution is -2.41. The molecule has 0 saturated carbocycles. The van der Waals surface area contributed by atoms with E-state index in [2.05, 4.69) is 5.32 Å². The molecule has 2 N–H and O–H groups in total.